The molecule has 2 aromatic rings. The summed E-state index contributed by atoms with van der Waals surface area (Å²) in [5.41, 5.74) is -0.857. The third-order valence-corrected chi connectivity index (χ3v) is 3.58. The van der Waals surface area contributed by atoms with Gasteiger partial charge in [-0.25, -0.2) is 4.68 Å². The van der Waals surface area contributed by atoms with Gasteiger partial charge >= 0.3 is 6.18 Å². The van der Waals surface area contributed by atoms with Gasteiger partial charge in [-0.15, -0.1) is 11.6 Å². The maximum Gasteiger partial charge on any atom is 0.435 e. The first-order valence-electron chi connectivity index (χ1n) is 5.01. The van der Waals surface area contributed by atoms with Crippen molar-refractivity contribution in [1.29, 1.82) is 0 Å². The Morgan fingerprint density at radius 3 is 2.21 bits per heavy atom. The first-order chi connectivity index (χ1) is 8.84. The molecular weight excluding hydrogens is 368 g/mol. The smallest absolute Gasteiger partial charge is 0.221 e. The summed E-state index contributed by atoms with van der Waals surface area (Å²) in [7, 11) is 0. The lowest BCUT2D eigenvalue weighted by atomic mass is 10.2. The molecule has 0 saturated carbocycles. The largest absolute Gasteiger partial charge is 0.435 e. The van der Waals surface area contributed by atoms with Crippen molar-refractivity contribution in [3.05, 3.63) is 45.1 Å². The summed E-state index contributed by atoms with van der Waals surface area (Å²) >= 11 is 14.7. The first kappa shape index (κ1) is 14.7. The van der Waals surface area contributed by atoms with Gasteiger partial charge in [-0.3, -0.25) is 0 Å². The van der Waals surface area contributed by atoms with Crippen LogP contribution in [0.4, 0.5) is 13.2 Å². The minimum Gasteiger partial charge on any atom is -0.221 e. The zero-order chi connectivity index (χ0) is 14.2. The summed E-state index contributed by atoms with van der Waals surface area (Å²) in [5, 5.41) is 3.38. The fourth-order valence-electron chi connectivity index (χ4n) is 1.53. The van der Waals surface area contributed by atoms with Crippen molar-refractivity contribution in [2.45, 2.75) is 12.1 Å². The van der Waals surface area contributed by atoms with Crippen LogP contribution in [0.2, 0.25) is 5.15 Å². The molecule has 0 spiro atoms. The maximum absolute atomic E-state index is 12.8. The van der Waals surface area contributed by atoms with Crippen LogP contribution in [0.5, 0.6) is 0 Å². The summed E-state index contributed by atoms with van der Waals surface area (Å²) in [6.07, 6.45) is -4.59. The van der Waals surface area contributed by atoms with Gasteiger partial charge in [0.25, 0.3) is 0 Å². The van der Waals surface area contributed by atoms with Crippen LogP contribution < -0.4 is 0 Å². The van der Waals surface area contributed by atoms with Crippen LogP contribution in [0.1, 0.15) is 11.3 Å². The molecule has 19 heavy (non-hydrogen) atoms. The second-order valence-electron chi connectivity index (χ2n) is 3.64. The number of halogens is 6. The molecule has 0 atom stereocenters. The molecular formula is C11H6BrCl2F3N2. The topological polar surface area (TPSA) is 17.8 Å². The summed E-state index contributed by atoms with van der Waals surface area (Å²) in [6.45, 7) is 0. The van der Waals surface area contributed by atoms with Crippen molar-refractivity contribution >= 4 is 39.1 Å². The number of benzene rings is 1. The van der Waals surface area contributed by atoms with Gasteiger partial charge in [0.2, 0.25) is 0 Å². The highest BCUT2D eigenvalue weighted by molar-refractivity contribution is 9.10. The van der Waals surface area contributed by atoms with E-state index in [1.165, 1.54) is 0 Å². The van der Waals surface area contributed by atoms with Crippen molar-refractivity contribution in [2.75, 3.05) is 0 Å². The number of nitrogens with zero attached hydrogens (tertiary/aromatic N) is 2. The summed E-state index contributed by atoms with van der Waals surface area (Å²) in [4.78, 5) is 0. The number of aromatic nitrogens is 2. The Morgan fingerprint density at radius 2 is 1.79 bits per heavy atom. The lowest BCUT2D eigenvalue weighted by molar-refractivity contribution is -0.141. The highest BCUT2D eigenvalue weighted by atomic mass is 79.9. The molecule has 1 aromatic carbocycles. The molecule has 0 fully saturated rings. The monoisotopic (exact) mass is 372 g/mol. The molecule has 0 radical (unpaired) electrons. The van der Waals surface area contributed by atoms with Gasteiger partial charge in [0, 0.05) is 10.0 Å². The molecule has 2 rings (SSSR count). The molecule has 2 nitrogen and oxygen atoms in total. The molecule has 1 aromatic heterocycles. The predicted molar refractivity (Wildman–Crippen MR) is 70.8 cm³/mol. The van der Waals surface area contributed by atoms with E-state index in [9.17, 15) is 13.2 Å². The Hall–Kier alpha value is -0.720. The van der Waals surface area contributed by atoms with E-state index in [1.54, 1.807) is 24.3 Å². The highest BCUT2D eigenvalue weighted by Crippen LogP contribution is 2.36. The third kappa shape index (κ3) is 2.90. The SMILES string of the molecule is FC(F)(F)c1nn(-c2ccc(Br)cc2)c(Cl)c1CCl. The average molecular weight is 374 g/mol. The zero-order valence-corrected chi connectivity index (χ0v) is 12.3. The fraction of sp³-hybridized carbons (Fsp3) is 0.182. The lowest BCUT2D eigenvalue weighted by Crippen LogP contribution is -2.09. The predicted octanol–water partition coefficient (Wildman–Crippen LogP) is 5.05. The van der Waals surface area contributed by atoms with E-state index in [0.29, 0.717) is 5.69 Å². The molecule has 102 valence electrons. The molecule has 0 N–H and O–H groups in total. The Bertz CT molecular complexity index is 593. The maximum atomic E-state index is 12.8. The summed E-state index contributed by atoms with van der Waals surface area (Å²) in [6, 6.07) is 6.56. The second kappa shape index (κ2) is 5.34. The van der Waals surface area contributed by atoms with Crippen molar-refractivity contribution in [1.82, 2.24) is 9.78 Å². The number of alkyl halides is 4. The van der Waals surface area contributed by atoms with Crippen LogP contribution in [0.25, 0.3) is 5.69 Å². The van der Waals surface area contributed by atoms with Gasteiger partial charge in [-0.1, -0.05) is 27.5 Å². The lowest BCUT2D eigenvalue weighted by Gasteiger charge is -2.03. The Morgan fingerprint density at radius 1 is 1.21 bits per heavy atom. The quantitative estimate of drug-likeness (QED) is 0.674. The third-order valence-electron chi connectivity index (χ3n) is 2.39. The highest BCUT2D eigenvalue weighted by Gasteiger charge is 2.38. The van der Waals surface area contributed by atoms with Gasteiger partial charge < -0.3 is 0 Å². The Kier molecular flexibility index (Phi) is 4.13. The Labute approximate surface area is 125 Å². The van der Waals surface area contributed by atoms with E-state index in [-0.39, 0.29) is 16.6 Å². The van der Waals surface area contributed by atoms with Crippen molar-refractivity contribution in [3.8, 4) is 5.69 Å². The average Bonchev–Trinajstić information content (AvgIpc) is 2.67. The van der Waals surface area contributed by atoms with Gasteiger partial charge in [0.15, 0.2) is 5.69 Å². The molecule has 0 aliphatic heterocycles. The van der Waals surface area contributed by atoms with Crippen LogP contribution >= 0.6 is 39.1 Å². The number of rotatable bonds is 2. The normalized spacial score (nSPS) is 11.9. The van der Waals surface area contributed by atoms with Crippen molar-refractivity contribution in [2.24, 2.45) is 0 Å². The fourth-order valence-corrected chi connectivity index (χ4v) is 2.41. The van der Waals surface area contributed by atoms with Crippen molar-refractivity contribution in [3.63, 3.8) is 0 Å². The van der Waals surface area contributed by atoms with E-state index in [2.05, 4.69) is 21.0 Å². The van der Waals surface area contributed by atoms with Gasteiger partial charge in [-0.2, -0.15) is 18.3 Å². The van der Waals surface area contributed by atoms with E-state index < -0.39 is 11.9 Å². The molecule has 1 heterocycles. The molecule has 0 bridgehead atoms. The van der Waals surface area contributed by atoms with Crippen molar-refractivity contribution < 1.29 is 13.2 Å². The van der Waals surface area contributed by atoms with Crippen LogP contribution in [0, 0.1) is 0 Å². The standard InChI is InChI=1S/C11H6BrCl2F3N2/c12-6-1-3-7(4-2-6)19-10(14)8(5-13)9(18-19)11(15,16)17/h1-4H,5H2. The van der Waals surface area contributed by atoms with Gasteiger partial charge in [-0.05, 0) is 24.3 Å². The summed E-state index contributed by atoms with van der Waals surface area (Å²) < 4.78 is 40.2. The number of hydrogen-bond acceptors (Lipinski definition) is 1. The summed E-state index contributed by atoms with van der Waals surface area (Å²) in [5.74, 6) is -0.357. The molecule has 0 aliphatic carbocycles. The molecule has 8 heteroatoms. The molecule has 0 saturated heterocycles. The van der Waals surface area contributed by atoms with Crippen LogP contribution in [0.15, 0.2) is 28.7 Å². The van der Waals surface area contributed by atoms with Crippen LogP contribution in [0.3, 0.4) is 0 Å². The minimum absolute atomic E-state index is 0.135. The zero-order valence-electron chi connectivity index (χ0n) is 9.18. The van der Waals surface area contributed by atoms with Gasteiger partial charge in [0.05, 0.1) is 11.6 Å². The van der Waals surface area contributed by atoms with E-state index in [4.69, 9.17) is 23.2 Å². The van der Waals surface area contributed by atoms with E-state index in [1.807, 2.05) is 0 Å². The number of hydrogen-bond donors (Lipinski definition) is 0. The molecule has 0 unspecified atom stereocenters. The van der Waals surface area contributed by atoms with Gasteiger partial charge in [0.1, 0.15) is 5.15 Å². The second-order valence-corrected chi connectivity index (χ2v) is 5.18. The van der Waals surface area contributed by atoms with Crippen LogP contribution in [-0.2, 0) is 12.1 Å². The molecule has 0 amide bonds. The first-order valence-corrected chi connectivity index (χ1v) is 6.71. The Balaban J connectivity index is 2.59. The minimum atomic E-state index is -4.59. The molecule has 0 aliphatic rings. The van der Waals surface area contributed by atoms with E-state index >= 15 is 0 Å². The van der Waals surface area contributed by atoms with Crippen LogP contribution in [-0.4, -0.2) is 9.78 Å². The van der Waals surface area contributed by atoms with E-state index in [0.717, 1.165) is 9.15 Å².